The summed E-state index contributed by atoms with van der Waals surface area (Å²) in [6.45, 7) is 25.0. The van der Waals surface area contributed by atoms with Crippen LogP contribution in [0.25, 0.3) is 0 Å². The number of amides is 4. The van der Waals surface area contributed by atoms with Crippen LogP contribution in [0.15, 0.2) is 70.9 Å². The average Bonchev–Trinajstić information content (AvgIpc) is 3.47. The zero-order valence-corrected chi connectivity index (χ0v) is 34.6. The maximum atomic E-state index is 13.8. The summed E-state index contributed by atoms with van der Waals surface area (Å²) < 4.78 is 0. The number of imide groups is 2. The first-order valence-corrected chi connectivity index (χ1v) is 20.2. The minimum absolute atomic E-state index is 0.0394. The van der Waals surface area contributed by atoms with Crippen molar-refractivity contribution in [2.75, 3.05) is 0 Å². The zero-order valence-electron chi connectivity index (χ0n) is 34.6. The Kier molecular flexibility index (Phi) is 12.0. The Hall–Kier alpha value is -3.54. The van der Waals surface area contributed by atoms with Crippen molar-refractivity contribution in [2.45, 2.75) is 141 Å². The van der Waals surface area contributed by atoms with Crippen LogP contribution in [0.4, 0.5) is 0 Å². The molecule has 4 atom stereocenters. The van der Waals surface area contributed by atoms with E-state index in [4.69, 9.17) is 0 Å². The summed E-state index contributed by atoms with van der Waals surface area (Å²) in [6.07, 6.45) is 15.6. The van der Waals surface area contributed by atoms with E-state index in [-0.39, 0.29) is 76.6 Å². The third kappa shape index (κ3) is 8.89. The Balaban J connectivity index is 1.19. The van der Waals surface area contributed by atoms with E-state index in [1.807, 2.05) is 24.3 Å². The predicted octanol–water partition coefficient (Wildman–Crippen LogP) is 10.5. The fourth-order valence-electron chi connectivity index (χ4n) is 8.66. The van der Waals surface area contributed by atoms with Crippen molar-refractivity contribution in [3.8, 4) is 0 Å². The quantitative estimate of drug-likeness (QED) is 0.150. The van der Waals surface area contributed by atoms with Crippen LogP contribution in [0.1, 0.15) is 139 Å². The molecule has 1 aromatic rings. The summed E-state index contributed by atoms with van der Waals surface area (Å²) in [5.41, 5.74) is 7.10. The van der Waals surface area contributed by atoms with Crippen LogP contribution < -0.4 is 0 Å². The van der Waals surface area contributed by atoms with Gasteiger partial charge in [-0.3, -0.25) is 29.0 Å². The van der Waals surface area contributed by atoms with Crippen LogP contribution in [0, 0.1) is 45.8 Å². The molecule has 0 radical (unpaired) electrons. The van der Waals surface area contributed by atoms with Gasteiger partial charge >= 0.3 is 0 Å². The first-order valence-electron chi connectivity index (χ1n) is 20.2. The van der Waals surface area contributed by atoms with E-state index < -0.39 is 0 Å². The van der Waals surface area contributed by atoms with E-state index >= 15 is 0 Å². The minimum Gasteiger partial charge on any atom is -0.278 e. The lowest BCUT2D eigenvalue weighted by Crippen LogP contribution is -2.31. The Bertz CT molecular complexity index is 1730. The summed E-state index contributed by atoms with van der Waals surface area (Å²) in [4.78, 5) is 57.7. The van der Waals surface area contributed by atoms with Gasteiger partial charge in [0.1, 0.15) is 0 Å². The van der Waals surface area contributed by atoms with Crippen molar-refractivity contribution in [1.29, 1.82) is 0 Å². The molecule has 6 heteroatoms. The number of carbonyl (C=O) groups excluding carboxylic acids is 4. The van der Waals surface area contributed by atoms with Crippen molar-refractivity contribution < 1.29 is 19.2 Å². The number of fused-ring (bicyclic) bond motifs is 2. The second-order valence-corrected chi connectivity index (χ2v) is 19.2. The Labute approximate surface area is 320 Å². The smallest absolute Gasteiger partial charge is 0.233 e. The SMILES string of the molecule is C/C(=C\CCC(C)(C)C1=CCC2C(=O)N(Cc3cccc(CN4C(=O)C5CC=C(C(C)(C)CC/C=C(\C)C(C)(C)C)CC5C4=O)c3)C(=O)C2C1)C(C)C. The Morgan fingerprint density at radius 3 is 1.51 bits per heavy atom. The highest BCUT2D eigenvalue weighted by atomic mass is 16.2. The molecule has 0 spiro atoms. The fraction of sp³-hybridized carbons (Fsp3) is 0.617. The monoisotopic (exact) mass is 723 g/mol. The molecule has 2 aliphatic carbocycles. The molecule has 2 heterocycles. The van der Waals surface area contributed by atoms with Gasteiger partial charge in [-0.05, 0) is 98.5 Å². The lowest BCUT2D eigenvalue weighted by atomic mass is 9.70. The molecule has 0 aromatic heterocycles. The van der Waals surface area contributed by atoms with Crippen LogP contribution in [-0.4, -0.2) is 33.4 Å². The zero-order chi connectivity index (χ0) is 39.0. The Morgan fingerprint density at radius 2 is 1.09 bits per heavy atom. The van der Waals surface area contributed by atoms with Crippen LogP contribution in [-0.2, 0) is 32.3 Å². The molecule has 0 saturated carbocycles. The molecule has 2 saturated heterocycles. The molecule has 4 unspecified atom stereocenters. The van der Waals surface area contributed by atoms with Crippen molar-refractivity contribution in [1.82, 2.24) is 9.80 Å². The van der Waals surface area contributed by atoms with Crippen molar-refractivity contribution in [2.24, 2.45) is 45.8 Å². The number of benzene rings is 1. The van der Waals surface area contributed by atoms with E-state index in [1.165, 1.54) is 32.1 Å². The number of nitrogens with zero attached hydrogens (tertiary/aromatic N) is 2. The van der Waals surface area contributed by atoms with Crippen molar-refractivity contribution >= 4 is 23.6 Å². The first-order chi connectivity index (χ1) is 24.7. The normalized spacial score (nSPS) is 24.6. The highest BCUT2D eigenvalue weighted by Gasteiger charge is 2.51. The number of hydrogen-bond donors (Lipinski definition) is 0. The third-order valence-corrected chi connectivity index (χ3v) is 13.4. The molecule has 1 aromatic carbocycles. The van der Waals surface area contributed by atoms with Gasteiger partial charge in [-0.15, -0.1) is 0 Å². The van der Waals surface area contributed by atoms with Gasteiger partial charge in [0.2, 0.25) is 23.6 Å². The van der Waals surface area contributed by atoms with Gasteiger partial charge in [-0.25, -0.2) is 0 Å². The molecular weight excluding hydrogens is 657 g/mol. The summed E-state index contributed by atoms with van der Waals surface area (Å²) in [5, 5.41) is 0. The van der Waals surface area contributed by atoms with E-state index in [0.717, 1.165) is 36.8 Å². The molecule has 0 N–H and O–H groups in total. The maximum Gasteiger partial charge on any atom is 0.233 e. The van der Waals surface area contributed by atoms with Gasteiger partial charge in [0.15, 0.2) is 0 Å². The number of carbonyl (C=O) groups is 4. The molecule has 4 amide bonds. The highest BCUT2D eigenvalue weighted by Crippen LogP contribution is 2.47. The minimum atomic E-state index is -0.316. The van der Waals surface area contributed by atoms with Crippen molar-refractivity contribution in [3.63, 3.8) is 0 Å². The van der Waals surface area contributed by atoms with Crippen LogP contribution in [0.2, 0.25) is 0 Å². The predicted molar refractivity (Wildman–Crippen MR) is 214 cm³/mol. The Morgan fingerprint density at radius 1 is 0.679 bits per heavy atom. The molecule has 53 heavy (non-hydrogen) atoms. The molecule has 6 nitrogen and oxygen atoms in total. The number of hydrogen-bond acceptors (Lipinski definition) is 4. The average molecular weight is 723 g/mol. The largest absolute Gasteiger partial charge is 0.278 e. The van der Waals surface area contributed by atoms with Gasteiger partial charge in [0.25, 0.3) is 0 Å². The summed E-state index contributed by atoms with van der Waals surface area (Å²) in [5.74, 6) is -1.03. The van der Waals surface area contributed by atoms with Gasteiger partial charge in [-0.1, -0.05) is 133 Å². The van der Waals surface area contributed by atoms with Gasteiger partial charge < -0.3 is 0 Å². The lowest BCUT2D eigenvalue weighted by molar-refractivity contribution is -0.142. The standard InChI is InChI=1S/C47H66N2O4/c1-30(2)31(3)15-13-23-46(8,9)35-19-21-37-39(26-35)43(52)48(41(37)50)28-33-17-12-18-34(25-33)29-49-42(51)38-22-20-36(27-40(38)44(49)53)47(10,11)24-14-16-32(4)45(5,6)7/h12,15-20,25,30,37-40H,13-14,21-24,26-29H2,1-11H3/b31-15+,32-16+. The summed E-state index contributed by atoms with van der Waals surface area (Å²) >= 11 is 0. The molecule has 2 aliphatic heterocycles. The molecular formula is C47H66N2O4. The van der Waals surface area contributed by atoms with Crippen molar-refractivity contribution in [3.05, 3.63) is 82.0 Å². The highest BCUT2D eigenvalue weighted by molar-refractivity contribution is 6.06. The van der Waals surface area contributed by atoms with E-state index in [9.17, 15) is 19.2 Å². The summed E-state index contributed by atoms with van der Waals surface area (Å²) in [6, 6.07) is 7.70. The fourth-order valence-corrected chi connectivity index (χ4v) is 8.66. The van der Waals surface area contributed by atoms with Gasteiger partial charge in [-0.2, -0.15) is 0 Å². The van der Waals surface area contributed by atoms with Crippen LogP contribution in [0.3, 0.4) is 0 Å². The molecule has 288 valence electrons. The molecule has 0 bridgehead atoms. The third-order valence-electron chi connectivity index (χ3n) is 13.4. The summed E-state index contributed by atoms with van der Waals surface area (Å²) in [7, 11) is 0. The van der Waals surface area contributed by atoms with E-state index in [2.05, 4.69) is 100 Å². The number of rotatable bonds is 13. The first kappa shape index (κ1) is 40.6. The topological polar surface area (TPSA) is 74.8 Å². The van der Waals surface area contributed by atoms with E-state index in [1.54, 1.807) is 0 Å². The lowest BCUT2D eigenvalue weighted by Gasteiger charge is -2.33. The second-order valence-electron chi connectivity index (χ2n) is 19.2. The molecule has 4 aliphatic rings. The van der Waals surface area contributed by atoms with E-state index in [0.29, 0.717) is 31.6 Å². The number of likely N-dealkylation sites (tertiary alicyclic amines) is 2. The van der Waals surface area contributed by atoms with Gasteiger partial charge in [0.05, 0.1) is 36.8 Å². The maximum absolute atomic E-state index is 13.8. The van der Waals surface area contributed by atoms with Gasteiger partial charge in [0, 0.05) is 0 Å². The van der Waals surface area contributed by atoms with Crippen LogP contribution in [0.5, 0.6) is 0 Å². The molecule has 5 rings (SSSR count). The van der Waals surface area contributed by atoms with Crippen LogP contribution >= 0.6 is 0 Å². The molecule has 2 fully saturated rings. The second kappa shape index (κ2) is 15.7. The number of allylic oxidation sites excluding steroid dienone is 8.